The molecule has 0 unspecified atom stereocenters. The topological polar surface area (TPSA) is 82.2 Å². The summed E-state index contributed by atoms with van der Waals surface area (Å²) in [7, 11) is 1.78. The summed E-state index contributed by atoms with van der Waals surface area (Å²) in [6, 6.07) is 1.94. The van der Waals surface area contributed by atoms with Gasteiger partial charge in [0.25, 0.3) is 11.5 Å². The molecular weight excluding hydrogens is 346 g/mol. The Hall–Kier alpha value is -2.48. The Morgan fingerprint density at radius 2 is 2.15 bits per heavy atom. The normalized spacial score (nSPS) is 24.1. The van der Waals surface area contributed by atoms with Crippen molar-refractivity contribution in [2.24, 2.45) is 7.05 Å². The lowest BCUT2D eigenvalue weighted by atomic mass is 9.94. The molecule has 0 spiro atoms. The van der Waals surface area contributed by atoms with Crippen molar-refractivity contribution in [3.8, 4) is 0 Å². The average Bonchev–Trinajstić information content (AvgIpc) is 3.19. The second kappa shape index (κ2) is 6.30. The number of aromatic nitrogens is 4. The van der Waals surface area contributed by atoms with E-state index >= 15 is 0 Å². The fourth-order valence-corrected chi connectivity index (χ4v) is 4.69. The molecule has 2 aromatic rings. The first-order chi connectivity index (χ1) is 13.1. The molecule has 0 N–H and O–H groups in total. The molecule has 27 heavy (non-hydrogen) atoms. The van der Waals surface area contributed by atoms with Crippen LogP contribution >= 0.6 is 0 Å². The number of aryl methyl sites for hydroxylation is 1. The minimum Gasteiger partial charge on any atom is -0.368 e. The van der Waals surface area contributed by atoms with Crippen LogP contribution < -0.4 is 5.56 Å². The second-order valence-electron chi connectivity index (χ2n) is 7.73. The number of fused-ring (bicyclic) bond motifs is 4. The first kappa shape index (κ1) is 16.7. The molecule has 0 aromatic carbocycles. The molecule has 8 nitrogen and oxygen atoms in total. The van der Waals surface area contributed by atoms with E-state index in [4.69, 9.17) is 4.74 Å². The molecule has 2 atom stereocenters. The number of rotatable bonds is 1. The quantitative estimate of drug-likeness (QED) is 0.744. The minimum atomic E-state index is -0.189. The Morgan fingerprint density at radius 1 is 1.30 bits per heavy atom. The van der Waals surface area contributed by atoms with Crippen LogP contribution in [0.2, 0.25) is 0 Å². The van der Waals surface area contributed by atoms with Gasteiger partial charge in [-0.25, -0.2) is 4.68 Å². The molecular formula is C19H23N5O3. The van der Waals surface area contributed by atoms with Crippen LogP contribution in [-0.2, 0) is 31.2 Å². The van der Waals surface area contributed by atoms with Gasteiger partial charge < -0.3 is 14.2 Å². The summed E-state index contributed by atoms with van der Waals surface area (Å²) in [4.78, 5) is 27.7. The van der Waals surface area contributed by atoms with Gasteiger partial charge in [-0.3, -0.25) is 9.59 Å². The van der Waals surface area contributed by atoms with Crippen molar-refractivity contribution in [2.75, 3.05) is 13.1 Å². The zero-order valence-electron chi connectivity index (χ0n) is 15.4. The molecule has 8 heteroatoms. The van der Waals surface area contributed by atoms with Crippen molar-refractivity contribution in [2.45, 2.75) is 50.9 Å². The average molecular weight is 369 g/mol. The van der Waals surface area contributed by atoms with E-state index in [0.717, 1.165) is 49.1 Å². The van der Waals surface area contributed by atoms with Gasteiger partial charge in [0.2, 0.25) is 0 Å². The molecule has 142 valence electrons. The number of carbonyl (C=O) groups is 1. The first-order valence-electron chi connectivity index (χ1n) is 9.65. The molecule has 0 saturated carbocycles. The van der Waals surface area contributed by atoms with Crippen LogP contribution in [0.15, 0.2) is 17.1 Å². The fourth-order valence-electron chi connectivity index (χ4n) is 4.69. The smallest absolute Gasteiger partial charge is 0.263 e. The SMILES string of the molecule is Cn1c2c(cc(C(=O)N3CC[C@H]4[C@H](C3)OCc3cnnn34)c1=O)CCCC2. The summed E-state index contributed by atoms with van der Waals surface area (Å²) in [5.41, 5.74) is 3.29. The lowest BCUT2D eigenvalue weighted by molar-refractivity contribution is -0.0628. The summed E-state index contributed by atoms with van der Waals surface area (Å²) in [5.74, 6) is -0.185. The molecule has 0 bridgehead atoms. The molecule has 1 amide bonds. The highest BCUT2D eigenvalue weighted by Gasteiger charge is 2.38. The van der Waals surface area contributed by atoms with Gasteiger partial charge in [-0.2, -0.15) is 0 Å². The first-order valence-corrected chi connectivity index (χ1v) is 9.65. The van der Waals surface area contributed by atoms with Gasteiger partial charge in [0, 0.05) is 25.8 Å². The summed E-state index contributed by atoms with van der Waals surface area (Å²) in [5, 5.41) is 8.14. The van der Waals surface area contributed by atoms with E-state index in [1.807, 2.05) is 10.7 Å². The number of piperidine rings is 1. The highest BCUT2D eigenvalue weighted by molar-refractivity contribution is 5.94. The van der Waals surface area contributed by atoms with Gasteiger partial charge in [0.1, 0.15) is 5.56 Å². The van der Waals surface area contributed by atoms with E-state index in [0.29, 0.717) is 19.7 Å². The third-order valence-corrected chi connectivity index (χ3v) is 6.19. The van der Waals surface area contributed by atoms with Crippen LogP contribution in [0.4, 0.5) is 0 Å². The maximum Gasteiger partial charge on any atom is 0.263 e. The number of amides is 1. The second-order valence-corrected chi connectivity index (χ2v) is 7.73. The highest BCUT2D eigenvalue weighted by atomic mass is 16.5. The molecule has 1 aliphatic carbocycles. The maximum atomic E-state index is 13.2. The molecule has 0 radical (unpaired) electrons. The van der Waals surface area contributed by atoms with Gasteiger partial charge in [-0.1, -0.05) is 5.21 Å². The summed E-state index contributed by atoms with van der Waals surface area (Å²) in [6.07, 6.45) is 6.43. The Balaban J connectivity index is 1.41. The Kier molecular flexibility index (Phi) is 3.89. The van der Waals surface area contributed by atoms with E-state index in [2.05, 4.69) is 10.3 Å². The fraction of sp³-hybridized carbons (Fsp3) is 0.579. The Labute approximate surface area is 156 Å². The van der Waals surface area contributed by atoms with Gasteiger partial charge >= 0.3 is 0 Å². The number of pyridine rings is 1. The van der Waals surface area contributed by atoms with Crippen molar-refractivity contribution in [3.63, 3.8) is 0 Å². The molecule has 3 aliphatic rings. The van der Waals surface area contributed by atoms with Gasteiger partial charge in [-0.05, 0) is 43.7 Å². The van der Waals surface area contributed by atoms with E-state index in [1.54, 1.807) is 22.7 Å². The third-order valence-electron chi connectivity index (χ3n) is 6.19. The van der Waals surface area contributed by atoms with E-state index in [1.165, 1.54) is 0 Å². The van der Waals surface area contributed by atoms with Crippen LogP contribution in [0.5, 0.6) is 0 Å². The van der Waals surface area contributed by atoms with Crippen LogP contribution in [-0.4, -0.2) is 49.6 Å². The summed E-state index contributed by atoms with van der Waals surface area (Å²) >= 11 is 0. The standard InChI is InChI=1S/C19H23N5O3/c1-22-15-5-3-2-4-12(15)8-14(18(22)25)19(26)23-7-6-16-17(10-23)27-11-13-9-20-21-24(13)16/h8-9,16-17H,2-7,10-11H2,1H3/t16-,17-/m0/s1. The van der Waals surface area contributed by atoms with Crippen LogP contribution in [0, 0.1) is 0 Å². The summed E-state index contributed by atoms with van der Waals surface area (Å²) < 4.78 is 9.55. The monoisotopic (exact) mass is 369 g/mol. The van der Waals surface area contributed by atoms with Crippen molar-refractivity contribution in [3.05, 3.63) is 45.1 Å². The maximum absolute atomic E-state index is 13.2. The Bertz CT molecular complexity index is 963. The lowest BCUT2D eigenvalue weighted by Gasteiger charge is -2.41. The van der Waals surface area contributed by atoms with Crippen molar-refractivity contribution < 1.29 is 9.53 Å². The zero-order valence-corrected chi connectivity index (χ0v) is 15.4. The molecule has 4 heterocycles. The summed E-state index contributed by atoms with van der Waals surface area (Å²) in [6.45, 7) is 1.52. The number of nitrogens with zero attached hydrogens (tertiary/aromatic N) is 5. The number of ether oxygens (including phenoxy) is 1. The minimum absolute atomic E-state index is 0.103. The van der Waals surface area contributed by atoms with Crippen molar-refractivity contribution in [1.82, 2.24) is 24.5 Å². The predicted molar refractivity (Wildman–Crippen MR) is 96.5 cm³/mol. The molecule has 2 aliphatic heterocycles. The number of carbonyl (C=O) groups excluding carboxylic acids is 1. The molecule has 5 rings (SSSR count). The third kappa shape index (κ3) is 2.62. The highest BCUT2D eigenvalue weighted by Crippen LogP contribution is 2.31. The zero-order chi connectivity index (χ0) is 18.5. The van der Waals surface area contributed by atoms with Crippen LogP contribution in [0.3, 0.4) is 0 Å². The van der Waals surface area contributed by atoms with Crippen molar-refractivity contribution >= 4 is 5.91 Å². The molecule has 1 saturated heterocycles. The molecule has 1 fully saturated rings. The number of hydrogen-bond acceptors (Lipinski definition) is 5. The van der Waals surface area contributed by atoms with E-state index < -0.39 is 0 Å². The molecule has 2 aromatic heterocycles. The van der Waals surface area contributed by atoms with Crippen LogP contribution in [0.1, 0.15) is 52.6 Å². The van der Waals surface area contributed by atoms with Gasteiger partial charge in [0.15, 0.2) is 0 Å². The largest absolute Gasteiger partial charge is 0.368 e. The van der Waals surface area contributed by atoms with Crippen molar-refractivity contribution in [1.29, 1.82) is 0 Å². The van der Waals surface area contributed by atoms with E-state index in [9.17, 15) is 9.59 Å². The Morgan fingerprint density at radius 3 is 3.04 bits per heavy atom. The number of hydrogen-bond donors (Lipinski definition) is 0. The van der Waals surface area contributed by atoms with E-state index in [-0.39, 0.29) is 29.2 Å². The lowest BCUT2D eigenvalue weighted by Crippen LogP contribution is -2.51. The van der Waals surface area contributed by atoms with Gasteiger partial charge in [-0.15, -0.1) is 5.10 Å². The number of likely N-dealkylation sites (tertiary alicyclic amines) is 1. The van der Waals surface area contributed by atoms with Gasteiger partial charge in [0.05, 0.1) is 30.6 Å². The van der Waals surface area contributed by atoms with Crippen LogP contribution in [0.25, 0.3) is 0 Å². The predicted octanol–water partition coefficient (Wildman–Crippen LogP) is 0.842.